The minimum absolute atomic E-state index is 0.198. The molecule has 0 fully saturated rings. The molecule has 1 unspecified atom stereocenters. The van der Waals surface area contributed by atoms with Gasteiger partial charge in [0.05, 0.1) is 6.54 Å². The highest BCUT2D eigenvalue weighted by Gasteiger charge is 2.16. The Balaban J connectivity index is 4.46. The van der Waals surface area contributed by atoms with Crippen LogP contribution >= 0.6 is 11.8 Å². The summed E-state index contributed by atoms with van der Waals surface area (Å²) in [7, 11) is 0. The summed E-state index contributed by atoms with van der Waals surface area (Å²) in [4.78, 5) is 4.65. The average molecular weight is 259 g/mol. The van der Waals surface area contributed by atoms with Crippen molar-refractivity contribution in [1.82, 2.24) is 10.6 Å². The molecule has 0 saturated carbocycles. The molecule has 0 saturated heterocycles. The van der Waals surface area contributed by atoms with Gasteiger partial charge in [-0.25, -0.2) is 0 Å². The third-order valence-electron chi connectivity index (χ3n) is 2.88. The predicted octanol–water partition coefficient (Wildman–Crippen LogP) is 2.73. The SMILES string of the molecule is CCNC(=NCC(C)(C)SC)NC(C)C(C)C. The zero-order valence-electron chi connectivity index (χ0n) is 12.4. The van der Waals surface area contributed by atoms with Gasteiger partial charge in [0.2, 0.25) is 0 Å². The number of rotatable bonds is 6. The first kappa shape index (κ1) is 16.6. The maximum atomic E-state index is 4.65. The standard InChI is InChI=1S/C13H29N3S/c1-8-14-12(16-11(4)10(2)3)15-9-13(5,6)17-7/h10-11H,8-9H2,1-7H3,(H2,14,15,16). The van der Waals surface area contributed by atoms with E-state index in [2.05, 4.69) is 63.4 Å². The van der Waals surface area contributed by atoms with Crippen molar-refractivity contribution in [2.24, 2.45) is 10.9 Å². The summed E-state index contributed by atoms with van der Waals surface area (Å²) >= 11 is 1.85. The summed E-state index contributed by atoms with van der Waals surface area (Å²) in [6.45, 7) is 14.9. The zero-order valence-corrected chi connectivity index (χ0v) is 13.2. The summed E-state index contributed by atoms with van der Waals surface area (Å²) in [6.07, 6.45) is 2.13. The van der Waals surface area contributed by atoms with Crippen molar-refractivity contribution < 1.29 is 0 Å². The van der Waals surface area contributed by atoms with Gasteiger partial charge in [-0.2, -0.15) is 11.8 Å². The fourth-order valence-electron chi connectivity index (χ4n) is 1.04. The molecule has 0 radical (unpaired) electrons. The average Bonchev–Trinajstić information content (AvgIpc) is 2.26. The van der Waals surface area contributed by atoms with Crippen LogP contribution < -0.4 is 10.6 Å². The Morgan fingerprint density at radius 3 is 2.29 bits per heavy atom. The van der Waals surface area contributed by atoms with Crippen LogP contribution in [0.2, 0.25) is 0 Å². The van der Waals surface area contributed by atoms with Crippen LogP contribution in [0.15, 0.2) is 4.99 Å². The van der Waals surface area contributed by atoms with E-state index in [1.54, 1.807) is 0 Å². The normalized spacial score (nSPS) is 14.9. The second-order valence-corrected chi connectivity index (χ2v) is 6.85. The van der Waals surface area contributed by atoms with E-state index in [-0.39, 0.29) is 4.75 Å². The minimum atomic E-state index is 0.198. The van der Waals surface area contributed by atoms with Crippen molar-refractivity contribution >= 4 is 17.7 Å². The monoisotopic (exact) mass is 259 g/mol. The van der Waals surface area contributed by atoms with Gasteiger partial charge in [-0.3, -0.25) is 4.99 Å². The Hall–Kier alpha value is -0.380. The molecule has 0 aromatic carbocycles. The van der Waals surface area contributed by atoms with Gasteiger partial charge in [0.25, 0.3) is 0 Å². The molecule has 0 rings (SSSR count). The lowest BCUT2D eigenvalue weighted by molar-refractivity contribution is 0.480. The molecule has 3 nitrogen and oxygen atoms in total. The number of aliphatic imine (C=N–C) groups is 1. The molecular weight excluding hydrogens is 230 g/mol. The molecule has 0 aliphatic carbocycles. The van der Waals surface area contributed by atoms with E-state index in [4.69, 9.17) is 0 Å². The fraction of sp³-hybridized carbons (Fsp3) is 0.923. The molecular formula is C13H29N3S. The number of guanidine groups is 1. The maximum Gasteiger partial charge on any atom is 0.191 e. The molecule has 2 N–H and O–H groups in total. The van der Waals surface area contributed by atoms with Crippen LogP contribution in [0.3, 0.4) is 0 Å². The lowest BCUT2D eigenvalue weighted by atomic mass is 10.1. The van der Waals surface area contributed by atoms with Crippen LogP contribution in [0.25, 0.3) is 0 Å². The lowest BCUT2D eigenvalue weighted by Crippen LogP contribution is -2.44. The third-order valence-corrected chi connectivity index (χ3v) is 4.11. The van der Waals surface area contributed by atoms with Gasteiger partial charge < -0.3 is 10.6 Å². The zero-order chi connectivity index (χ0) is 13.5. The lowest BCUT2D eigenvalue weighted by Gasteiger charge is -2.23. The largest absolute Gasteiger partial charge is 0.357 e. The van der Waals surface area contributed by atoms with E-state index in [1.165, 1.54) is 0 Å². The molecule has 0 aliphatic rings. The van der Waals surface area contributed by atoms with Crippen LogP contribution in [0.5, 0.6) is 0 Å². The second-order valence-electron chi connectivity index (χ2n) is 5.34. The molecule has 0 amide bonds. The van der Waals surface area contributed by atoms with Gasteiger partial charge in [0.15, 0.2) is 5.96 Å². The molecule has 4 heteroatoms. The Morgan fingerprint density at radius 1 is 1.29 bits per heavy atom. The van der Waals surface area contributed by atoms with Crippen LogP contribution in [-0.4, -0.2) is 36.1 Å². The van der Waals surface area contributed by atoms with Crippen molar-refractivity contribution in [3.05, 3.63) is 0 Å². The van der Waals surface area contributed by atoms with Crippen molar-refractivity contribution in [3.8, 4) is 0 Å². The first-order valence-electron chi connectivity index (χ1n) is 6.42. The molecule has 0 spiro atoms. The van der Waals surface area contributed by atoms with E-state index in [9.17, 15) is 0 Å². The number of thioether (sulfide) groups is 1. The molecule has 0 aromatic heterocycles. The number of hydrogen-bond donors (Lipinski definition) is 2. The third kappa shape index (κ3) is 7.53. The Labute approximate surface area is 111 Å². The number of hydrogen-bond acceptors (Lipinski definition) is 2. The van der Waals surface area contributed by atoms with Crippen molar-refractivity contribution in [1.29, 1.82) is 0 Å². The molecule has 17 heavy (non-hydrogen) atoms. The topological polar surface area (TPSA) is 36.4 Å². The summed E-state index contributed by atoms with van der Waals surface area (Å²) in [6, 6.07) is 0.435. The molecule has 1 atom stereocenters. The molecule has 0 aliphatic heterocycles. The highest BCUT2D eigenvalue weighted by Crippen LogP contribution is 2.20. The van der Waals surface area contributed by atoms with Gasteiger partial charge in [0.1, 0.15) is 0 Å². The van der Waals surface area contributed by atoms with E-state index in [1.807, 2.05) is 11.8 Å². The van der Waals surface area contributed by atoms with Gasteiger partial charge in [-0.1, -0.05) is 13.8 Å². The highest BCUT2D eigenvalue weighted by molar-refractivity contribution is 7.99. The van der Waals surface area contributed by atoms with Gasteiger partial charge in [-0.05, 0) is 39.9 Å². The molecule has 0 aromatic rings. The van der Waals surface area contributed by atoms with Crippen molar-refractivity contribution in [2.75, 3.05) is 19.3 Å². The number of nitrogens with zero attached hydrogens (tertiary/aromatic N) is 1. The molecule has 0 heterocycles. The Morgan fingerprint density at radius 2 is 1.88 bits per heavy atom. The highest BCUT2D eigenvalue weighted by atomic mass is 32.2. The maximum absolute atomic E-state index is 4.65. The summed E-state index contributed by atoms with van der Waals surface area (Å²) < 4.78 is 0.198. The van der Waals surface area contributed by atoms with Crippen LogP contribution in [-0.2, 0) is 0 Å². The fourth-order valence-corrected chi connectivity index (χ4v) is 1.23. The summed E-state index contributed by atoms with van der Waals surface area (Å²) in [5.41, 5.74) is 0. The van der Waals surface area contributed by atoms with Crippen LogP contribution in [0, 0.1) is 5.92 Å². The Kier molecular flexibility index (Phi) is 7.68. The van der Waals surface area contributed by atoms with E-state index >= 15 is 0 Å². The summed E-state index contributed by atoms with van der Waals surface area (Å²) in [5.74, 6) is 1.53. The van der Waals surface area contributed by atoms with Crippen LogP contribution in [0.1, 0.15) is 41.5 Å². The molecule has 102 valence electrons. The first-order chi connectivity index (χ1) is 7.82. The summed E-state index contributed by atoms with van der Waals surface area (Å²) in [5, 5.41) is 6.74. The smallest absolute Gasteiger partial charge is 0.191 e. The van der Waals surface area contributed by atoms with E-state index < -0.39 is 0 Å². The quantitative estimate of drug-likeness (QED) is 0.569. The second kappa shape index (κ2) is 7.85. The van der Waals surface area contributed by atoms with Crippen LogP contribution in [0.4, 0.5) is 0 Å². The minimum Gasteiger partial charge on any atom is -0.357 e. The predicted molar refractivity (Wildman–Crippen MR) is 81.0 cm³/mol. The van der Waals surface area contributed by atoms with Gasteiger partial charge in [-0.15, -0.1) is 0 Å². The van der Waals surface area contributed by atoms with E-state index in [0.29, 0.717) is 12.0 Å². The van der Waals surface area contributed by atoms with Gasteiger partial charge in [0, 0.05) is 17.3 Å². The number of nitrogens with one attached hydrogen (secondary N) is 2. The van der Waals surface area contributed by atoms with Gasteiger partial charge >= 0.3 is 0 Å². The van der Waals surface area contributed by atoms with Crippen molar-refractivity contribution in [2.45, 2.75) is 52.3 Å². The first-order valence-corrected chi connectivity index (χ1v) is 7.65. The molecule has 0 bridgehead atoms. The van der Waals surface area contributed by atoms with E-state index in [0.717, 1.165) is 19.0 Å². The Bertz CT molecular complexity index is 237. The van der Waals surface area contributed by atoms with Crippen molar-refractivity contribution in [3.63, 3.8) is 0 Å².